The van der Waals surface area contributed by atoms with Crippen LogP contribution in [0.4, 0.5) is 0 Å². The quantitative estimate of drug-likeness (QED) is 0.589. The van der Waals surface area contributed by atoms with Crippen LogP contribution in [0.15, 0.2) is 18.2 Å². The van der Waals surface area contributed by atoms with E-state index in [0.29, 0.717) is 29.5 Å². The molecule has 0 aliphatic heterocycles. The Morgan fingerprint density at radius 1 is 1.55 bits per heavy atom. The van der Waals surface area contributed by atoms with Gasteiger partial charge < -0.3 is 20.5 Å². The Morgan fingerprint density at radius 2 is 2.25 bits per heavy atom. The highest BCUT2D eigenvalue weighted by molar-refractivity contribution is 7.80. The summed E-state index contributed by atoms with van der Waals surface area (Å²) in [6.45, 7) is 2.51. The molecular weight excluding hydrogens is 300 g/mol. The van der Waals surface area contributed by atoms with E-state index < -0.39 is 6.10 Å². The minimum atomic E-state index is -0.667. The van der Waals surface area contributed by atoms with Gasteiger partial charge in [-0.15, -0.1) is 0 Å². The topological polar surface area (TPSA) is 73.6 Å². The summed E-state index contributed by atoms with van der Waals surface area (Å²) in [4.78, 5) is 12.0. The molecule has 7 heteroatoms. The third-order valence-electron chi connectivity index (χ3n) is 2.49. The lowest BCUT2D eigenvalue weighted by Crippen LogP contribution is -2.38. The van der Waals surface area contributed by atoms with E-state index in [4.69, 9.17) is 39.0 Å². The summed E-state index contributed by atoms with van der Waals surface area (Å²) in [6, 6.07) is 4.93. The van der Waals surface area contributed by atoms with Crippen LogP contribution in [0.3, 0.4) is 0 Å². The SMILES string of the molecule is COCCNC(=O)C(C)Oc1ccc(C(N)=S)cc1Cl. The first-order chi connectivity index (χ1) is 9.45. The zero-order valence-electron chi connectivity index (χ0n) is 11.3. The van der Waals surface area contributed by atoms with Gasteiger partial charge in [0, 0.05) is 19.2 Å². The second-order valence-corrected chi connectivity index (χ2v) is 4.90. The summed E-state index contributed by atoms with van der Waals surface area (Å²) in [7, 11) is 1.56. The van der Waals surface area contributed by atoms with Gasteiger partial charge in [0.1, 0.15) is 10.7 Å². The maximum atomic E-state index is 11.7. The van der Waals surface area contributed by atoms with E-state index in [-0.39, 0.29) is 10.9 Å². The molecule has 5 nitrogen and oxygen atoms in total. The predicted molar refractivity (Wildman–Crippen MR) is 82.3 cm³/mol. The number of thiocarbonyl (C=S) groups is 1. The number of amides is 1. The highest BCUT2D eigenvalue weighted by Crippen LogP contribution is 2.26. The van der Waals surface area contributed by atoms with E-state index in [0.717, 1.165) is 0 Å². The van der Waals surface area contributed by atoms with Crippen LogP contribution in [0.1, 0.15) is 12.5 Å². The van der Waals surface area contributed by atoms with Gasteiger partial charge in [-0.3, -0.25) is 4.79 Å². The molecule has 0 saturated heterocycles. The van der Waals surface area contributed by atoms with Crippen LogP contribution >= 0.6 is 23.8 Å². The van der Waals surface area contributed by atoms with Crippen molar-refractivity contribution in [2.75, 3.05) is 20.3 Å². The number of halogens is 1. The molecule has 110 valence electrons. The van der Waals surface area contributed by atoms with Crippen LogP contribution in [0.25, 0.3) is 0 Å². The normalized spacial score (nSPS) is 11.8. The van der Waals surface area contributed by atoms with Gasteiger partial charge in [-0.05, 0) is 25.1 Å². The molecule has 0 radical (unpaired) electrons. The number of hydrogen-bond acceptors (Lipinski definition) is 4. The van der Waals surface area contributed by atoms with E-state index in [9.17, 15) is 4.79 Å². The number of carbonyl (C=O) groups is 1. The Morgan fingerprint density at radius 3 is 2.80 bits per heavy atom. The molecule has 1 aromatic carbocycles. The first-order valence-electron chi connectivity index (χ1n) is 5.98. The predicted octanol–water partition coefficient (Wildman–Crippen LogP) is 1.50. The molecule has 1 rings (SSSR count). The summed E-state index contributed by atoms with van der Waals surface area (Å²) in [5.74, 6) is 0.164. The fourth-order valence-electron chi connectivity index (χ4n) is 1.41. The zero-order valence-corrected chi connectivity index (χ0v) is 12.9. The highest BCUT2D eigenvalue weighted by Gasteiger charge is 2.16. The first-order valence-corrected chi connectivity index (χ1v) is 6.77. The highest BCUT2D eigenvalue weighted by atomic mass is 35.5. The van der Waals surface area contributed by atoms with Crippen molar-refractivity contribution in [2.45, 2.75) is 13.0 Å². The smallest absolute Gasteiger partial charge is 0.260 e. The number of nitrogens with one attached hydrogen (secondary N) is 1. The summed E-state index contributed by atoms with van der Waals surface area (Å²) in [6.07, 6.45) is -0.667. The van der Waals surface area contributed by atoms with Crippen molar-refractivity contribution >= 4 is 34.7 Å². The molecule has 0 aromatic heterocycles. The van der Waals surface area contributed by atoms with Crippen LogP contribution in [-0.4, -0.2) is 37.3 Å². The van der Waals surface area contributed by atoms with Crippen molar-refractivity contribution < 1.29 is 14.3 Å². The molecule has 1 atom stereocenters. The third kappa shape index (κ3) is 4.96. The largest absolute Gasteiger partial charge is 0.479 e. The number of carbonyl (C=O) groups excluding carboxylic acids is 1. The number of benzene rings is 1. The van der Waals surface area contributed by atoms with Crippen LogP contribution < -0.4 is 15.8 Å². The minimum absolute atomic E-state index is 0.239. The molecule has 0 spiro atoms. The van der Waals surface area contributed by atoms with Crippen molar-refractivity contribution in [3.05, 3.63) is 28.8 Å². The molecule has 0 aliphatic rings. The zero-order chi connectivity index (χ0) is 15.1. The first kappa shape index (κ1) is 16.7. The van der Waals surface area contributed by atoms with Gasteiger partial charge in [-0.1, -0.05) is 23.8 Å². The van der Waals surface area contributed by atoms with Crippen LogP contribution in [0, 0.1) is 0 Å². The lowest BCUT2D eigenvalue weighted by Gasteiger charge is -2.16. The minimum Gasteiger partial charge on any atom is -0.479 e. The van der Waals surface area contributed by atoms with Gasteiger partial charge in [-0.25, -0.2) is 0 Å². The summed E-state index contributed by atoms with van der Waals surface area (Å²) in [5, 5.41) is 3.03. The number of ether oxygens (including phenoxy) is 2. The Hall–Kier alpha value is -1.37. The maximum Gasteiger partial charge on any atom is 0.260 e. The van der Waals surface area contributed by atoms with Gasteiger partial charge in [0.2, 0.25) is 0 Å². The number of methoxy groups -OCH3 is 1. The molecule has 0 saturated carbocycles. The Kier molecular flexibility index (Phi) is 6.70. The fraction of sp³-hybridized carbons (Fsp3) is 0.385. The third-order valence-corrected chi connectivity index (χ3v) is 3.03. The van der Waals surface area contributed by atoms with Crippen molar-refractivity contribution in [1.82, 2.24) is 5.32 Å². The number of rotatable bonds is 7. The Bertz CT molecular complexity index is 497. The van der Waals surface area contributed by atoms with Gasteiger partial charge in [0.25, 0.3) is 5.91 Å². The van der Waals surface area contributed by atoms with Crippen LogP contribution in [-0.2, 0) is 9.53 Å². The molecule has 0 aliphatic carbocycles. The number of hydrogen-bond donors (Lipinski definition) is 2. The van der Waals surface area contributed by atoms with Gasteiger partial charge in [-0.2, -0.15) is 0 Å². The van der Waals surface area contributed by atoms with E-state index in [1.54, 1.807) is 32.2 Å². The van der Waals surface area contributed by atoms with Crippen molar-refractivity contribution in [3.63, 3.8) is 0 Å². The summed E-state index contributed by atoms with van der Waals surface area (Å²) >= 11 is 10.9. The van der Waals surface area contributed by atoms with Gasteiger partial charge in [0.05, 0.1) is 11.6 Å². The summed E-state index contributed by atoms with van der Waals surface area (Å²) < 4.78 is 10.3. The lowest BCUT2D eigenvalue weighted by molar-refractivity contribution is -0.127. The Balaban J connectivity index is 2.63. The average Bonchev–Trinajstić information content (AvgIpc) is 2.40. The monoisotopic (exact) mass is 316 g/mol. The standard InChI is InChI=1S/C13H17ClN2O3S/c1-8(13(17)16-5-6-18-2)19-11-4-3-9(12(15)20)7-10(11)14/h3-4,7-8H,5-6H2,1-2H3,(H2,15,20)(H,16,17). The molecule has 1 amide bonds. The maximum absolute atomic E-state index is 11.7. The van der Waals surface area contributed by atoms with E-state index in [2.05, 4.69) is 5.32 Å². The molecule has 20 heavy (non-hydrogen) atoms. The van der Waals surface area contributed by atoms with Crippen LogP contribution in [0.2, 0.25) is 5.02 Å². The van der Waals surface area contributed by atoms with Crippen molar-refractivity contribution in [3.8, 4) is 5.75 Å². The molecule has 1 unspecified atom stereocenters. The van der Waals surface area contributed by atoms with E-state index in [1.165, 1.54) is 0 Å². The molecule has 0 heterocycles. The molecule has 0 fully saturated rings. The summed E-state index contributed by atoms with van der Waals surface area (Å²) in [5.41, 5.74) is 6.15. The van der Waals surface area contributed by atoms with Gasteiger partial charge in [0.15, 0.2) is 6.10 Å². The average molecular weight is 317 g/mol. The lowest BCUT2D eigenvalue weighted by atomic mass is 10.2. The van der Waals surface area contributed by atoms with Crippen LogP contribution in [0.5, 0.6) is 5.75 Å². The second kappa shape index (κ2) is 8.04. The molecule has 0 bridgehead atoms. The molecule has 3 N–H and O–H groups in total. The Labute approximate surface area is 128 Å². The van der Waals surface area contributed by atoms with Gasteiger partial charge >= 0.3 is 0 Å². The molecule has 1 aromatic rings. The fourth-order valence-corrected chi connectivity index (χ4v) is 1.77. The van der Waals surface area contributed by atoms with E-state index in [1.807, 2.05) is 0 Å². The van der Waals surface area contributed by atoms with E-state index >= 15 is 0 Å². The van der Waals surface area contributed by atoms with Crippen molar-refractivity contribution in [2.24, 2.45) is 5.73 Å². The van der Waals surface area contributed by atoms with Crippen molar-refractivity contribution in [1.29, 1.82) is 0 Å². The molecular formula is C13H17ClN2O3S. The second-order valence-electron chi connectivity index (χ2n) is 4.05. The number of nitrogens with two attached hydrogens (primary N) is 1.